The summed E-state index contributed by atoms with van der Waals surface area (Å²) < 4.78 is 28.1. The standard InChI is InChI=1S/C25H28Cl3N5O5S2/c26-16-11-17(27)13-18(12-16)30-25(36)29-14-19-3-1-9-33(19)23(34)15-32-8-2-4-21(24(32)35)31-40(37,38)10-7-20-5-6-22(28)39-20/h5-7,10-13,19,21,31H,1-4,8-9,14-15H2,(H2,29,30,36)/b10-7+/t19-,21-/m0/s1. The van der Waals surface area contributed by atoms with Gasteiger partial charge in [0.2, 0.25) is 21.8 Å². The van der Waals surface area contributed by atoms with Gasteiger partial charge < -0.3 is 20.4 Å². The maximum Gasteiger partial charge on any atom is 0.319 e. The number of nitrogens with zero attached hydrogens (tertiary/aromatic N) is 2. The summed E-state index contributed by atoms with van der Waals surface area (Å²) in [5.74, 6) is -0.693. The van der Waals surface area contributed by atoms with Crippen LogP contribution in [0.5, 0.6) is 0 Å². The summed E-state index contributed by atoms with van der Waals surface area (Å²) in [5.41, 5.74) is 0.439. The highest BCUT2D eigenvalue weighted by atomic mass is 35.5. The molecule has 0 spiro atoms. The Morgan fingerprint density at radius 3 is 2.48 bits per heavy atom. The Morgan fingerprint density at radius 2 is 1.77 bits per heavy atom. The maximum atomic E-state index is 13.1. The molecule has 2 atom stereocenters. The molecular weight excluding hydrogens is 621 g/mol. The lowest BCUT2D eigenvalue weighted by atomic mass is 10.1. The van der Waals surface area contributed by atoms with Crippen LogP contribution < -0.4 is 15.4 Å². The number of hydrogen-bond donors (Lipinski definition) is 3. The molecule has 0 saturated carbocycles. The first kappa shape index (κ1) is 30.6. The molecular formula is C25H28Cl3N5O5S2. The van der Waals surface area contributed by atoms with Gasteiger partial charge in [0.1, 0.15) is 6.04 Å². The molecule has 4 rings (SSSR count). The number of benzene rings is 1. The average Bonchev–Trinajstić information content (AvgIpc) is 3.52. The molecule has 0 aliphatic carbocycles. The first-order chi connectivity index (χ1) is 19.0. The number of urea groups is 1. The fraction of sp³-hybridized carbons (Fsp3) is 0.400. The smallest absolute Gasteiger partial charge is 0.319 e. The van der Waals surface area contributed by atoms with Crippen LogP contribution in [0, 0.1) is 0 Å². The molecule has 3 heterocycles. The molecule has 3 N–H and O–H groups in total. The predicted octanol–water partition coefficient (Wildman–Crippen LogP) is 4.40. The number of piperidine rings is 1. The molecule has 0 unspecified atom stereocenters. The molecule has 1 aromatic heterocycles. The van der Waals surface area contributed by atoms with E-state index >= 15 is 0 Å². The van der Waals surface area contributed by atoms with Crippen molar-refractivity contribution >= 4 is 85.8 Å². The Kier molecular flexibility index (Phi) is 10.4. The fourth-order valence-electron chi connectivity index (χ4n) is 4.66. The third-order valence-corrected chi connectivity index (χ3v) is 9.23. The van der Waals surface area contributed by atoms with Crippen molar-refractivity contribution in [3.05, 3.63) is 55.0 Å². The predicted molar refractivity (Wildman–Crippen MR) is 158 cm³/mol. The van der Waals surface area contributed by atoms with Crippen molar-refractivity contribution in [1.29, 1.82) is 0 Å². The Bertz CT molecular complexity index is 1380. The van der Waals surface area contributed by atoms with Crippen LogP contribution in [0.2, 0.25) is 14.4 Å². The number of thiophene rings is 1. The second-order valence-electron chi connectivity index (χ2n) is 9.44. The number of carbonyl (C=O) groups is 3. The topological polar surface area (TPSA) is 128 Å². The maximum absolute atomic E-state index is 13.1. The Morgan fingerprint density at radius 1 is 1.05 bits per heavy atom. The van der Waals surface area contributed by atoms with Gasteiger partial charge in [-0.3, -0.25) is 9.59 Å². The number of sulfonamides is 1. The van der Waals surface area contributed by atoms with E-state index in [9.17, 15) is 22.8 Å². The minimum Gasteiger partial charge on any atom is -0.336 e. The van der Waals surface area contributed by atoms with E-state index < -0.39 is 28.0 Å². The zero-order chi connectivity index (χ0) is 28.9. The summed E-state index contributed by atoms with van der Waals surface area (Å²) in [6.45, 7) is 0.925. The van der Waals surface area contributed by atoms with E-state index in [4.69, 9.17) is 34.8 Å². The molecule has 2 saturated heterocycles. The number of halogens is 3. The summed E-state index contributed by atoms with van der Waals surface area (Å²) in [6, 6.07) is 6.40. The van der Waals surface area contributed by atoms with Crippen molar-refractivity contribution in [3.63, 3.8) is 0 Å². The molecule has 216 valence electrons. The molecule has 2 aliphatic rings. The molecule has 0 bridgehead atoms. The van der Waals surface area contributed by atoms with Crippen LogP contribution in [0.4, 0.5) is 10.5 Å². The lowest BCUT2D eigenvalue weighted by Gasteiger charge is -2.34. The zero-order valence-electron chi connectivity index (χ0n) is 21.2. The third-order valence-electron chi connectivity index (χ3n) is 6.48. The number of nitrogens with one attached hydrogen (secondary N) is 3. The number of hydrogen-bond acceptors (Lipinski definition) is 6. The SMILES string of the molecule is O=C(NC[C@@H]1CCCN1C(=O)CN1CCC[C@H](NS(=O)(=O)/C=C/c2ccc(Cl)s2)C1=O)Nc1cc(Cl)cc(Cl)c1. The highest BCUT2D eigenvalue weighted by Crippen LogP contribution is 2.24. The van der Waals surface area contributed by atoms with Gasteiger partial charge in [0.05, 0.1) is 10.9 Å². The Balaban J connectivity index is 1.28. The van der Waals surface area contributed by atoms with Crippen LogP contribution in [0.15, 0.2) is 35.7 Å². The van der Waals surface area contributed by atoms with Crippen molar-refractivity contribution in [2.45, 2.75) is 37.8 Å². The van der Waals surface area contributed by atoms with E-state index in [0.29, 0.717) is 57.3 Å². The largest absolute Gasteiger partial charge is 0.336 e. The molecule has 0 radical (unpaired) electrons. The second-order valence-corrected chi connectivity index (χ2v) is 13.7. The van der Waals surface area contributed by atoms with E-state index in [0.717, 1.165) is 11.8 Å². The molecule has 4 amide bonds. The molecule has 2 aliphatic heterocycles. The molecule has 1 aromatic carbocycles. The Labute approximate surface area is 251 Å². The van der Waals surface area contributed by atoms with Crippen molar-refractivity contribution in [2.24, 2.45) is 0 Å². The number of likely N-dealkylation sites (tertiary alicyclic amines) is 2. The van der Waals surface area contributed by atoms with Gasteiger partial charge in [-0.1, -0.05) is 34.8 Å². The van der Waals surface area contributed by atoms with Gasteiger partial charge in [0.15, 0.2) is 0 Å². The van der Waals surface area contributed by atoms with Gasteiger partial charge in [-0.15, -0.1) is 11.3 Å². The quantitative estimate of drug-likeness (QED) is 0.372. The monoisotopic (exact) mass is 647 g/mol. The van der Waals surface area contributed by atoms with Gasteiger partial charge in [0, 0.05) is 51.7 Å². The average molecular weight is 649 g/mol. The summed E-state index contributed by atoms with van der Waals surface area (Å²) in [6.07, 6.45) is 3.77. The zero-order valence-corrected chi connectivity index (χ0v) is 25.1. The molecule has 10 nitrogen and oxygen atoms in total. The third kappa shape index (κ3) is 8.58. The van der Waals surface area contributed by atoms with Crippen molar-refractivity contribution < 1.29 is 22.8 Å². The van der Waals surface area contributed by atoms with E-state index in [2.05, 4.69) is 15.4 Å². The van der Waals surface area contributed by atoms with Gasteiger partial charge in [-0.05, 0) is 62.1 Å². The lowest BCUT2D eigenvalue weighted by molar-refractivity contribution is -0.143. The van der Waals surface area contributed by atoms with Gasteiger partial charge in [-0.2, -0.15) is 4.72 Å². The normalized spacial score (nSPS) is 19.8. The van der Waals surface area contributed by atoms with E-state index in [-0.39, 0.29) is 25.0 Å². The summed E-state index contributed by atoms with van der Waals surface area (Å²) in [5, 5.41) is 7.21. The van der Waals surface area contributed by atoms with Crippen LogP contribution in [0.1, 0.15) is 30.6 Å². The van der Waals surface area contributed by atoms with Crippen LogP contribution in [-0.2, 0) is 19.6 Å². The van der Waals surface area contributed by atoms with Crippen LogP contribution in [-0.4, -0.2) is 74.3 Å². The minimum atomic E-state index is -3.89. The summed E-state index contributed by atoms with van der Waals surface area (Å²) in [7, 11) is -3.89. The van der Waals surface area contributed by atoms with Gasteiger partial charge >= 0.3 is 6.03 Å². The van der Waals surface area contributed by atoms with Crippen molar-refractivity contribution in [1.82, 2.24) is 19.8 Å². The number of rotatable bonds is 9. The number of amides is 4. The summed E-state index contributed by atoms with van der Waals surface area (Å²) >= 11 is 19.0. The van der Waals surface area contributed by atoms with Gasteiger partial charge in [-0.25, -0.2) is 13.2 Å². The first-order valence-corrected chi connectivity index (χ1v) is 16.0. The number of anilines is 1. The second kappa shape index (κ2) is 13.5. The molecule has 15 heteroatoms. The van der Waals surface area contributed by atoms with Crippen LogP contribution in [0.25, 0.3) is 6.08 Å². The van der Waals surface area contributed by atoms with E-state index in [1.54, 1.807) is 35.2 Å². The summed E-state index contributed by atoms with van der Waals surface area (Å²) in [4.78, 5) is 42.3. The van der Waals surface area contributed by atoms with Crippen molar-refractivity contribution in [2.75, 3.05) is 31.5 Å². The highest BCUT2D eigenvalue weighted by molar-refractivity contribution is 7.92. The highest BCUT2D eigenvalue weighted by Gasteiger charge is 2.35. The molecule has 2 fully saturated rings. The number of carbonyl (C=O) groups excluding carboxylic acids is 3. The van der Waals surface area contributed by atoms with Crippen LogP contribution in [0.3, 0.4) is 0 Å². The molecule has 40 heavy (non-hydrogen) atoms. The fourth-order valence-corrected chi connectivity index (χ4v) is 7.26. The first-order valence-electron chi connectivity index (χ1n) is 12.5. The van der Waals surface area contributed by atoms with Crippen LogP contribution >= 0.6 is 46.1 Å². The lowest BCUT2D eigenvalue weighted by Crippen LogP contribution is -2.55. The Hall–Kier alpha value is -2.35. The minimum absolute atomic E-state index is 0.162. The van der Waals surface area contributed by atoms with Crippen molar-refractivity contribution in [3.8, 4) is 0 Å². The van der Waals surface area contributed by atoms with Gasteiger partial charge in [0.25, 0.3) is 0 Å². The van der Waals surface area contributed by atoms with E-state index in [1.165, 1.54) is 22.3 Å². The molecule has 2 aromatic rings. The van der Waals surface area contributed by atoms with E-state index in [1.807, 2.05) is 0 Å².